The monoisotopic (exact) mass is 382 g/mol. The van der Waals surface area contributed by atoms with Gasteiger partial charge in [-0.05, 0) is 31.5 Å². The normalized spacial score (nSPS) is 21.6. The van der Waals surface area contributed by atoms with E-state index in [0.717, 1.165) is 19.4 Å². The van der Waals surface area contributed by atoms with E-state index in [1.165, 1.54) is 19.2 Å². The van der Waals surface area contributed by atoms with Crippen molar-refractivity contribution in [1.82, 2.24) is 10.0 Å². The summed E-state index contributed by atoms with van der Waals surface area (Å²) in [7, 11) is -0.771. The summed E-state index contributed by atoms with van der Waals surface area (Å²) >= 11 is 12.1. The van der Waals surface area contributed by atoms with Crippen molar-refractivity contribution >= 4 is 33.2 Å². The van der Waals surface area contributed by atoms with Crippen LogP contribution in [-0.4, -0.2) is 47.9 Å². The lowest BCUT2D eigenvalue weighted by Crippen LogP contribution is -2.52. The summed E-state index contributed by atoms with van der Waals surface area (Å²) in [6, 6.07) is 2.85. The minimum absolute atomic E-state index is 0.0568. The third-order valence-corrected chi connectivity index (χ3v) is 6.29. The lowest BCUT2D eigenvalue weighted by Gasteiger charge is -2.29. The molecule has 1 atom stereocenters. The molecule has 1 aromatic rings. The first-order chi connectivity index (χ1) is 10.9. The summed E-state index contributed by atoms with van der Waals surface area (Å²) in [5.41, 5.74) is -0.398. The van der Waals surface area contributed by atoms with E-state index in [4.69, 9.17) is 32.7 Å². The van der Waals surface area contributed by atoms with Crippen molar-refractivity contribution in [2.75, 3.05) is 33.9 Å². The molecule has 0 radical (unpaired) electrons. The van der Waals surface area contributed by atoms with Gasteiger partial charge < -0.3 is 14.8 Å². The van der Waals surface area contributed by atoms with E-state index in [-0.39, 0.29) is 21.5 Å². The second kappa shape index (κ2) is 7.55. The molecule has 2 rings (SSSR count). The first-order valence-corrected chi connectivity index (χ1v) is 9.35. The molecule has 130 valence electrons. The predicted octanol–water partition coefficient (Wildman–Crippen LogP) is 2.05. The Balaban J connectivity index is 2.21. The highest BCUT2D eigenvalue weighted by atomic mass is 35.5. The van der Waals surface area contributed by atoms with Gasteiger partial charge in [0, 0.05) is 13.7 Å². The van der Waals surface area contributed by atoms with Crippen LogP contribution in [0.2, 0.25) is 10.0 Å². The molecule has 0 saturated carbocycles. The Hall–Kier alpha value is -0.570. The Morgan fingerprint density at radius 1 is 1.30 bits per heavy atom. The van der Waals surface area contributed by atoms with E-state index >= 15 is 0 Å². The van der Waals surface area contributed by atoms with E-state index in [2.05, 4.69) is 10.0 Å². The lowest BCUT2D eigenvalue weighted by atomic mass is 9.99. The van der Waals surface area contributed by atoms with Crippen LogP contribution in [0.1, 0.15) is 12.8 Å². The van der Waals surface area contributed by atoms with Gasteiger partial charge in [0.25, 0.3) is 0 Å². The summed E-state index contributed by atoms with van der Waals surface area (Å²) in [5, 5.41) is 3.32. The zero-order valence-electron chi connectivity index (χ0n) is 13.0. The van der Waals surface area contributed by atoms with Crippen LogP contribution < -0.4 is 14.8 Å². The maximum atomic E-state index is 12.5. The van der Waals surface area contributed by atoms with Gasteiger partial charge in [0.2, 0.25) is 10.0 Å². The topological polar surface area (TPSA) is 76.7 Å². The van der Waals surface area contributed by atoms with Crippen LogP contribution in [0.3, 0.4) is 0 Å². The van der Waals surface area contributed by atoms with E-state index in [1.807, 2.05) is 0 Å². The molecule has 2 N–H and O–H groups in total. The Labute approximate surface area is 146 Å². The van der Waals surface area contributed by atoms with Crippen molar-refractivity contribution in [1.29, 1.82) is 0 Å². The fourth-order valence-corrected chi connectivity index (χ4v) is 4.63. The van der Waals surface area contributed by atoms with Crippen LogP contribution in [0.25, 0.3) is 0 Å². The molecule has 1 heterocycles. The fraction of sp³-hybridized carbons (Fsp3) is 0.571. The van der Waals surface area contributed by atoms with Crippen LogP contribution in [0, 0.1) is 0 Å². The zero-order valence-corrected chi connectivity index (χ0v) is 15.3. The summed E-state index contributed by atoms with van der Waals surface area (Å²) in [4.78, 5) is -0.0736. The van der Waals surface area contributed by atoms with Crippen LogP contribution in [0.4, 0.5) is 0 Å². The van der Waals surface area contributed by atoms with Gasteiger partial charge in [0.1, 0.15) is 15.7 Å². The van der Waals surface area contributed by atoms with Gasteiger partial charge in [-0.25, -0.2) is 13.1 Å². The highest BCUT2D eigenvalue weighted by Gasteiger charge is 2.35. The van der Waals surface area contributed by atoms with Crippen LogP contribution in [0.15, 0.2) is 17.0 Å². The number of benzene rings is 1. The molecule has 1 aliphatic heterocycles. The van der Waals surface area contributed by atoms with Crippen molar-refractivity contribution in [2.45, 2.75) is 23.3 Å². The average molecular weight is 383 g/mol. The minimum Gasteiger partial charge on any atom is -0.495 e. The van der Waals surface area contributed by atoms with Crippen molar-refractivity contribution < 1.29 is 17.9 Å². The average Bonchev–Trinajstić information content (AvgIpc) is 2.97. The molecule has 1 fully saturated rings. The number of rotatable bonds is 7. The first-order valence-electron chi connectivity index (χ1n) is 7.11. The fourth-order valence-electron chi connectivity index (χ4n) is 2.66. The Morgan fingerprint density at radius 3 is 2.61 bits per heavy atom. The van der Waals surface area contributed by atoms with E-state index in [1.54, 1.807) is 7.11 Å². The second-order valence-electron chi connectivity index (χ2n) is 5.46. The highest BCUT2D eigenvalue weighted by Crippen LogP contribution is 2.36. The number of methoxy groups -OCH3 is 2. The summed E-state index contributed by atoms with van der Waals surface area (Å²) in [6.45, 7) is 1.47. The highest BCUT2D eigenvalue weighted by molar-refractivity contribution is 7.89. The van der Waals surface area contributed by atoms with Crippen LogP contribution in [0.5, 0.6) is 5.75 Å². The quantitative estimate of drug-likeness (QED) is 0.754. The van der Waals surface area contributed by atoms with Crippen molar-refractivity contribution in [2.24, 2.45) is 0 Å². The molecule has 0 aliphatic carbocycles. The molecule has 1 aliphatic rings. The molecule has 1 saturated heterocycles. The van der Waals surface area contributed by atoms with Gasteiger partial charge >= 0.3 is 0 Å². The van der Waals surface area contributed by atoms with E-state index < -0.39 is 15.6 Å². The van der Waals surface area contributed by atoms with E-state index in [0.29, 0.717) is 12.4 Å². The zero-order chi connectivity index (χ0) is 17.1. The van der Waals surface area contributed by atoms with Gasteiger partial charge in [0.05, 0.1) is 24.3 Å². The van der Waals surface area contributed by atoms with Crippen LogP contribution >= 0.6 is 23.2 Å². The number of hydrogen-bond donors (Lipinski definition) is 2. The third kappa shape index (κ3) is 4.10. The van der Waals surface area contributed by atoms with Gasteiger partial charge in [-0.3, -0.25) is 0 Å². The second-order valence-corrected chi connectivity index (χ2v) is 7.95. The lowest BCUT2D eigenvalue weighted by molar-refractivity contribution is 0.122. The molecule has 6 nitrogen and oxygen atoms in total. The van der Waals surface area contributed by atoms with E-state index in [9.17, 15) is 8.42 Å². The summed E-state index contributed by atoms with van der Waals surface area (Å²) < 4.78 is 37.9. The molecular formula is C14H20Cl2N2O4S. The van der Waals surface area contributed by atoms with Gasteiger partial charge in [0.15, 0.2) is 0 Å². The molecule has 1 unspecified atom stereocenters. The van der Waals surface area contributed by atoms with Crippen molar-refractivity contribution in [3.63, 3.8) is 0 Å². The van der Waals surface area contributed by atoms with Gasteiger partial charge in [-0.15, -0.1) is 0 Å². The molecule has 0 spiro atoms. The predicted molar refractivity (Wildman–Crippen MR) is 90.0 cm³/mol. The van der Waals surface area contributed by atoms with Crippen molar-refractivity contribution in [3.05, 3.63) is 22.2 Å². The summed E-state index contributed by atoms with van der Waals surface area (Å²) in [6.07, 6.45) is 1.81. The number of ether oxygens (including phenoxy) is 2. The number of nitrogens with one attached hydrogen (secondary N) is 2. The maximum Gasteiger partial charge on any atom is 0.242 e. The standard InChI is InChI=1S/C14H20Cl2N2O4S/c1-21-9-14(6-3-7-17-14)8-18-23(19,20)11-5-4-10(22-2)12(15)13(11)16/h4-5,17-18H,3,6-9H2,1-2H3. The maximum absolute atomic E-state index is 12.5. The van der Waals surface area contributed by atoms with Crippen LogP contribution in [-0.2, 0) is 14.8 Å². The largest absolute Gasteiger partial charge is 0.495 e. The molecule has 0 aromatic heterocycles. The third-order valence-electron chi connectivity index (χ3n) is 3.87. The van der Waals surface area contributed by atoms with Crippen molar-refractivity contribution in [3.8, 4) is 5.75 Å². The van der Waals surface area contributed by atoms with Gasteiger partial charge in [-0.1, -0.05) is 23.2 Å². The molecule has 0 amide bonds. The molecule has 1 aromatic carbocycles. The number of sulfonamides is 1. The molecule has 23 heavy (non-hydrogen) atoms. The Kier molecular flexibility index (Phi) is 6.16. The molecular weight excluding hydrogens is 363 g/mol. The minimum atomic E-state index is -3.80. The smallest absolute Gasteiger partial charge is 0.242 e. The molecule has 0 bridgehead atoms. The first kappa shape index (κ1) is 18.8. The number of hydrogen-bond acceptors (Lipinski definition) is 5. The Morgan fingerprint density at radius 2 is 2.04 bits per heavy atom. The summed E-state index contributed by atoms with van der Waals surface area (Å²) in [5.74, 6) is 0.323. The Bertz CT molecular complexity index is 661. The molecule has 9 heteroatoms. The number of halogens is 2. The SMILES string of the molecule is COCC1(CNS(=O)(=O)c2ccc(OC)c(Cl)c2Cl)CCCN1. The van der Waals surface area contributed by atoms with Gasteiger partial charge in [-0.2, -0.15) is 0 Å².